The third kappa shape index (κ3) is 2.31. The van der Waals surface area contributed by atoms with E-state index in [4.69, 9.17) is 4.42 Å². The average Bonchev–Trinajstić information content (AvgIpc) is 3.03. The summed E-state index contributed by atoms with van der Waals surface area (Å²) < 4.78 is 7.04. The summed E-state index contributed by atoms with van der Waals surface area (Å²) in [5.74, 6) is 2.55. The molecular weight excluding hydrogens is 278 g/mol. The van der Waals surface area contributed by atoms with Gasteiger partial charge < -0.3 is 9.73 Å². The van der Waals surface area contributed by atoms with E-state index in [2.05, 4.69) is 30.6 Å². The van der Waals surface area contributed by atoms with Gasteiger partial charge in [0.1, 0.15) is 11.6 Å². The molecule has 9 heteroatoms. The van der Waals surface area contributed by atoms with Crippen LogP contribution in [-0.2, 0) is 12.8 Å². The standard InChI is InChI=1S/C11H13N7OS/c1-6-16-17-11(19-6)20-5-8-14-9(12-2)7-4-13-18(3)10(7)15-8/h4H,5H2,1-3H3,(H,12,14,15). The zero-order valence-corrected chi connectivity index (χ0v) is 12.1. The van der Waals surface area contributed by atoms with Gasteiger partial charge in [0.05, 0.1) is 17.3 Å². The smallest absolute Gasteiger partial charge is 0.277 e. The van der Waals surface area contributed by atoms with Crippen molar-refractivity contribution in [2.75, 3.05) is 12.4 Å². The van der Waals surface area contributed by atoms with Crippen LogP contribution >= 0.6 is 11.8 Å². The first kappa shape index (κ1) is 12.9. The Hall–Kier alpha value is -2.16. The largest absolute Gasteiger partial charge is 0.416 e. The highest BCUT2D eigenvalue weighted by molar-refractivity contribution is 7.98. The Morgan fingerprint density at radius 1 is 1.35 bits per heavy atom. The summed E-state index contributed by atoms with van der Waals surface area (Å²) >= 11 is 1.41. The molecule has 3 rings (SSSR count). The second kappa shape index (κ2) is 5.08. The van der Waals surface area contributed by atoms with Crippen molar-refractivity contribution in [1.82, 2.24) is 29.9 Å². The number of hydrogen-bond acceptors (Lipinski definition) is 8. The van der Waals surface area contributed by atoms with E-state index in [1.807, 2.05) is 14.1 Å². The van der Waals surface area contributed by atoms with Crippen LogP contribution in [0.15, 0.2) is 15.8 Å². The van der Waals surface area contributed by atoms with Gasteiger partial charge in [-0.15, -0.1) is 10.2 Å². The molecule has 0 unspecified atom stereocenters. The van der Waals surface area contributed by atoms with Crippen molar-refractivity contribution in [3.05, 3.63) is 17.9 Å². The zero-order valence-electron chi connectivity index (χ0n) is 11.3. The minimum absolute atomic E-state index is 0.516. The molecule has 0 bridgehead atoms. The molecule has 0 radical (unpaired) electrons. The molecule has 0 atom stereocenters. The van der Waals surface area contributed by atoms with E-state index in [1.165, 1.54) is 11.8 Å². The fourth-order valence-corrected chi connectivity index (χ4v) is 2.45. The van der Waals surface area contributed by atoms with Crippen LogP contribution in [0.3, 0.4) is 0 Å². The zero-order chi connectivity index (χ0) is 14.1. The molecule has 20 heavy (non-hydrogen) atoms. The second-order valence-corrected chi connectivity index (χ2v) is 5.05. The van der Waals surface area contributed by atoms with E-state index < -0.39 is 0 Å². The summed E-state index contributed by atoms with van der Waals surface area (Å²) in [6.45, 7) is 1.76. The first-order valence-corrected chi connectivity index (χ1v) is 6.95. The van der Waals surface area contributed by atoms with Crippen molar-refractivity contribution in [3.8, 4) is 0 Å². The average molecular weight is 291 g/mol. The monoisotopic (exact) mass is 291 g/mol. The Balaban J connectivity index is 1.89. The molecule has 3 aromatic heterocycles. The van der Waals surface area contributed by atoms with Crippen LogP contribution in [0.1, 0.15) is 11.7 Å². The van der Waals surface area contributed by atoms with Gasteiger partial charge in [-0.25, -0.2) is 9.97 Å². The Morgan fingerprint density at radius 3 is 2.90 bits per heavy atom. The lowest BCUT2D eigenvalue weighted by Gasteiger charge is -2.04. The highest BCUT2D eigenvalue weighted by Crippen LogP contribution is 2.23. The summed E-state index contributed by atoms with van der Waals surface area (Å²) in [5.41, 5.74) is 0.793. The van der Waals surface area contributed by atoms with Gasteiger partial charge in [0.2, 0.25) is 5.89 Å². The molecule has 0 amide bonds. The number of aryl methyl sites for hydroxylation is 2. The van der Waals surface area contributed by atoms with Gasteiger partial charge in [-0.3, -0.25) is 4.68 Å². The molecule has 104 valence electrons. The molecule has 0 spiro atoms. The normalized spacial score (nSPS) is 11.2. The SMILES string of the molecule is CNc1nc(CSc2nnc(C)o2)nc2c1cnn2C. The maximum Gasteiger partial charge on any atom is 0.277 e. The Morgan fingerprint density at radius 2 is 2.20 bits per heavy atom. The van der Waals surface area contributed by atoms with E-state index in [0.717, 1.165) is 16.9 Å². The van der Waals surface area contributed by atoms with Gasteiger partial charge >= 0.3 is 0 Å². The van der Waals surface area contributed by atoms with Crippen LogP contribution in [0.25, 0.3) is 11.0 Å². The maximum absolute atomic E-state index is 5.31. The topological polar surface area (TPSA) is 94.6 Å². The summed E-state index contributed by atoms with van der Waals surface area (Å²) in [6.07, 6.45) is 1.75. The molecule has 3 aromatic rings. The van der Waals surface area contributed by atoms with Crippen LogP contribution in [0.5, 0.6) is 0 Å². The molecule has 0 aliphatic heterocycles. The first-order chi connectivity index (χ1) is 9.67. The quantitative estimate of drug-likeness (QED) is 0.721. The van der Waals surface area contributed by atoms with Crippen molar-refractivity contribution < 1.29 is 4.42 Å². The number of thioether (sulfide) groups is 1. The lowest BCUT2D eigenvalue weighted by atomic mass is 10.4. The van der Waals surface area contributed by atoms with Gasteiger partial charge in [-0.1, -0.05) is 11.8 Å². The molecule has 0 saturated heterocycles. The fourth-order valence-electron chi connectivity index (χ4n) is 1.79. The molecule has 1 N–H and O–H groups in total. The molecule has 0 aliphatic rings. The van der Waals surface area contributed by atoms with Gasteiger partial charge in [-0.2, -0.15) is 5.10 Å². The third-order valence-electron chi connectivity index (χ3n) is 2.71. The van der Waals surface area contributed by atoms with E-state index in [1.54, 1.807) is 17.8 Å². The maximum atomic E-state index is 5.31. The van der Waals surface area contributed by atoms with Crippen LogP contribution in [0, 0.1) is 6.92 Å². The molecule has 0 fully saturated rings. The lowest BCUT2D eigenvalue weighted by Crippen LogP contribution is -2.02. The predicted octanol–water partition coefficient (Wildman–Crippen LogP) is 1.39. The van der Waals surface area contributed by atoms with E-state index >= 15 is 0 Å². The number of anilines is 1. The summed E-state index contributed by atoms with van der Waals surface area (Å²) in [5, 5.41) is 16.4. The highest BCUT2D eigenvalue weighted by Gasteiger charge is 2.12. The van der Waals surface area contributed by atoms with E-state index in [-0.39, 0.29) is 0 Å². The van der Waals surface area contributed by atoms with Crippen LogP contribution in [0.2, 0.25) is 0 Å². The predicted molar refractivity (Wildman–Crippen MR) is 74.4 cm³/mol. The Kier molecular flexibility index (Phi) is 3.26. The van der Waals surface area contributed by atoms with Crippen molar-refractivity contribution in [2.24, 2.45) is 7.05 Å². The number of hydrogen-bond donors (Lipinski definition) is 1. The summed E-state index contributed by atoms with van der Waals surface area (Å²) in [7, 11) is 3.68. The highest BCUT2D eigenvalue weighted by atomic mass is 32.2. The number of aromatic nitrogens is 6. The number of nitrogens with one attached hydrogen (secondary N) is 1. The van der Waals surface area contributed by atoms with Crippen LogP contribution in [-0.4, -0.2) is 37.0 Å². The molecule has 0 aliphatic carbocycles. The van der Waals surface area contributed by atoms with Gasteiger partial charge in [-0.05, 0) is 0 Å². The lowest BCUT2D eigenvalue weighted by molar-refractivity contribution is 0.429. The number of fused-ring (bicyclic) bond motifs is 1. The molecule has 0 aromatic carbocycles. The Labute approximate surface area is 119 Å². The van der Waals surface area contributed by atoms with Gasteiger partial charge in [0, 0.05) is 21.0 Å². The van der Waals surface area contributed by atoms with Crippen molar-refractivity contribution in [2.45, 2.75) is 17.9 Å². The fraction of sp³-hybridized carbons (Fsp3) is 0.364. The van der Waals surface area contributed by atoms with Crippen molar-refractivity contribution in [1.29, 1.82) is 0 Å². The van der Waals surface area contributed by atoms with Crippen LogP contribution in [0.4, 0.5) is 5.82 Å². The number of rotatable bonds is 4. The first-order valence-electron chi connectivity index (χ1n) is 5.96. The van der Waals surface area contributed by atoms with Crippen molar-refractivity contribution in [3.63, 3.8) is 0 Å². The summed E-state index contributed by atoms with van der Waals surface area (Å²) in [6, 6.07) is 0. The molecule has 0 saturated carbocycles. The van der Waals surface area contributed by atoms with Gasteiger partial charge in [0.25, 0.3) is 5.22 Å². The summed E-state index contributed by atoms with van der Waals surface area (Å²) in [4.78, 5) is 8.97. The third-order valence-corrected chi connectivity index (χ3v) is 3.52. The van der Waals surface area contributed by atoms with E-state index in [9.17, 15) is 0 Å². The minimum atomic E-state index is 0.516. The molecular formula is C11H13N7OS. The second-order valence-electron chi connectivity index (χ2n) is 4.12. The molecule has 8 nitrogen and oxygen atoms in total. The van der Waals surface area contributed by atoms with Gasteiger partial charge in [0.15, 0.2) is 5.65 Å². The Bertz CT molecular complexity index is 750. The minimum Gasteiger partial charge on any atom is -0.416 e. The van der Waals surface area contributed by atoms with Crippen LogP contribution < -0.4 is 5.32 Å². The number of nitrogens with zero attached hydrogens (tertiary/aromatic N) is 6. The molecule has 3 heterocycles. The van der Waals surface area contributed by atoms with Crippen molar-refractivity contribution >= 4 is 28.6 Å². The van der Waals surface area contributed by atoms with E-state index in [0.29, 0.717) is 22.7 Å².